The van der Waals surface area contributed by atoms with Gasteiger partial charge in [-0.25, -0.2) is 9.18 Å². The fraction of sp³-hybridized carbons (Fsp3) is 0.533. The van der Waals surface area contributed by atoms with E-state index in [1.807, 2.05) is 20.8 Å². The molecule has 2 heterocycles. The number of nitrogens with zero attached hydrogens (tertiary/aromatic N) is 1. The molecule has 2 atom stereocenters. The van der Waals surface area contributed by atoms with Crippen molar-refractivity contribution in [3.63, 3.8) is 0 Å². The summed E-state index contributed by atoms with van der Waals surface area (Å²) >= 11 is 3.32. The number of hydrogen-bond acceptors (Lipinski definition) is 3. The maximum atomic E-state index is 13.7. The van der Waals surface area contributed by atoms with E-state index in [4.69, 9.17) is 9.47 Å². The molecule has 0 radical (unpaired) electrons. The van der Waals surface area contributed by atoms with Gasteiger partial charge in [0.25, 0.3) is 0 Å². The molecular formula is C15H17BrFNO3. The van der Waals surface area contributed by atoms with Crippen LogP contribution in [0.25, 0.3) is 0 Å². The maximum Gasteiger partial charge on any atom is 0.410 e. The Balaban J connectivity index is 1.93. The third kappa shape index (κ3) is 2.73. The second-order valence-electron chi connectivity index (χ2n) is 6.43. The van der Waals surface area contributed by atoms with Crippen molar-refractivity contribution in [3.05, 3.63) is 28.0 Å². The highest BCUT2D eigenvalue weighted by atomic mass is 79.9. The summed E-state index contributed by atoms with van der Waals surface area (Å²) in [6, 6.07) is 2.62. The van der Waals surface area contributed by atoms with E-state index in [9.17, 15) is 9.18 Å². The fourth-order valence-electron chi connectivity index (χ4n) is 2.82. The Morgan fingerprint density at radius 2 is 2.19 bits per heavy atom. The zero-order valence-electron chi connectivity index (χ0n) is 12.2. The van der Waals surface area contributed by atoms with E-state index in [2.05, 4.69) is 15.9 Å². The number of rotatable bonds is 0. The molecule has 0 unspecified atom stereocenters. The molecule has 2 aliphatic rings. The van der Waals surface area contributed by atoms with Crippen LogP contribution in [0.4, 0.5) is 9.18 Å². The summed E-state index contributed by atoms with van der Waals surface area (Å²) in [5.41, 5.74) is 0.140. The molecule has 1 aromatic rings. The standard InChI is InChI=1S/C15H17BrFNO3/c1-15(2,3)21-14(19)18-7-9-6-12(18)10-4-8(17)5-11(16)13(10)20-9/h4-5,9,12H,6-7H2,1-3H3/t9-,12-/m0/s1. The Kier molecular flexibility index (Phi) is 3.39. The van der Waals surface area contributed by atoms with E-state index in [0.717, 1.165) is 0 Å². The fourth-order valence-corrected chi connectivity index (χ4v) is 3.36. The predicted octanol–water partition coefficient (Wildman–Crippen LogP) is 4.03. The summed E-state index contributed by atoms with van der Waals surface area (Å²) in [5.74, 6) is 0.280. The van der Waals surface area contributed by atoms with Gasteiger partial charge in [0.05, 0.1) is 17.1 Å². The van der Waals surface area contributed by atoms with Crippen molar-refractivity contribution in [2.45, 2.75) is 44.9 Å². The lowest BCUT2D eigenvalue weighted by atomic mass is 10.00. The van der Waals surface area contributed by atoms with Gasteiger partial charge in [0, 0.05) is 12.0 Å². The van der Waals surface area contributed by atoms with Crippen molar-refractivity contribution in [2.75, 3.05) is 6.54 Å². The van der Waals surface area contributed by atoms with Crippen molar-refractivity contribution in [1.29, 1.82) is 0 Å². The first-order chi connectivity index (χ1) is 9.74. The lowest BCUT2D eigenvalue weighted by Crippen LogP contribution is -2.36. The minimum absolute atomic E-state index is 0.0724. The molecule has 4 nitrogen and oxygen atoms in total. The number of amides is 1. The molecule has 2 bridgehead atoms. The van der Waals surface area contributed by atoms with Crippen LogP contribution in [-0.4, -0.2) is 29.2 Å². The molecule has 0 aliphatic carbocycles. The Hall–Kier alpha value is -1.30. The third-order valence-corrected chi connectivity index (χ3v) is 4.16. The second-order valence-corrected chi connectivity index (χ2v) is 7.28. The van der Waals surface area contributed by atoms with Crippen LogP contribution in [0.1, 0.15) is 38.8 Å². The van der Waals surface area contributed by atoms with Gasteiger partial charge in [-0.05, 0) is 48.8 Å². The highest BCUT2D eigenvalue weighted by Gasteiger charge is 2.44. The first kappa shape index (κ1) is 14.6. The van der Waals surface area contributed by atoms with Crippen LogP contribution in [0, 0.1) is 5.82 Å². The Morgan fingerprint density at radius 1 is 1.48 bits per heavy atom. The first-order valence-corrected chi connectivity index (χ1v) is 7.69. The molecule has 114 valence electrons. The van der Waals surface area contributed by atoms with E-state index >= 15 is 0 Å². The highest BCUT2D eigenvalue weighted by molar-refractivity contribution is 9.10. The molecule has 0 N–H and O–H groups in total. The maximum absolute atomic E-state index is 13.7. The smallest absolute Gasteiger partial charge is 0.410 e. The van der Waals surface area contributed by atoms with Crippen LogP contribution in [-0.2, 0) is 4.74 Å². The van der Waals surface area contributed by atoms with Gasteiger partial charge in [0.15, 0.2) is 0 Å². The van der Waals surface area contributed by atoms with Crippen molar-refractivity contribution >= 4 is 22.0 Å². The monoisotopic (exact) mass is 357 g/mol. The number of likely N-dealkylation sites (tertiary alicyclic amines) is 1. The number of ether oxygens (including phenoxy) is 2. The van der Waals surface area contributed by atoms with Crippen LogP contribution in [0.2, 0.25) is 0 Å². The average Bonchev–Trinajstić information content (AvgIpc) is 2.68. The molecular weight excluding hydrogens is 341 g/mol. The summed E-state index contributed by atoms with van der Waals surface area (Å²) in [6.07, 6.45) is 0.214. The van der Waals surface area contributed by atoms with E-state index in [1.165, 1.54) is 12.1 Å². The predicted molar refractivity (Wildman–Crippen MR) is 78.8 cm³/mol. The van der Waals surface area contributed by atoms with Crippen LogP contribution in [0.3, 0.4) is 0 Å². The van der Waals surface area contributed by atoms with Gasteiger partial charge in [-0.3, -0.25) is 4.90 Å². The van der Waals surface area contributed by atoms with Gasteiger partial charge < -0.3 is 9.47 Å². The number of fused-ring (bicyclic) bond motifs is 4. The van der Waals surface area contributed by atoms with Gasteiger partial charge in [0.2, 0.25) is 0 Å². The zero-order chi connectivity index (χ0) is 15.4. The van der Waals surface area contributed by atoms with E-state index in [1.54, 1.807) is 4.90 Å². The van der Waals surface area contributed by atoms with E-state index in [-0.39, 0.29) is 24.1 Å². The van der Waals surface area contributed by atoms with Crippen LogP contribution < -0.4 is 4.74 Å². The summed E-state index contributed by atoms with van der Waals surface area (Å²) in [6.45, 7) is 5.94. The molecule has 1 aromatic carbocycles. The van der Waals surface area contributed by atoms with E-state index < -0.39 is 5.60 Å². The second kappa shape index (κ2) is 4.87. The molecule has 1 amide bonds. The van der Waals surface area contributed by atoms with Gasteiger partial charge in [-0.1, -0.05) is 0 Å². The minimum Gasteiger partial charge on any atom is -0.487 e. The van der Waals surface area contributed by atoms with Gasteiger partial charge in [-0.15, -0.1) is 0 Å². The summed E-state index contributed by atoms with van der Waals surface area (Å²) in [7, 11) is 0. The first-order valence-electron chi connectivity index (χ1n) is 6.90. The van der Waals surface area contributed by atoms with Crippen LogP contribution in [0.15, 0.2) is 16.6 Å². The Labute approximate surface area is 131 Å². The molecule has 21 heavy (non-hydrogen) atoms. The summed E-state index contributed by atoms with van der Waals surface area (Å²) in [5, 5.41) is 0. The number of carbonyl (C=O) groups is 1. The summed E-state index contributed by atoms with van der Waals surface area (Å²) in [4.78, 5) is 14.0. The summed E-state index contributed by atoms with van der Waals surface area (Å²) < 4.78 is 25.5. The van der Waals surface area contributed by atoms with Gasteiger partial charge in [0.1, 0.15) is 23.3 Å². The van der Waals surface area contributed by atoms with Crippen LogP contribution in [0.5, 0.6) is 5.75 Å². The van der Waals surface area contributed by atoms with Gasteiger partial charge in [-0.2, -0.15) is 0 Å². The molecule has 0 spiro atoms. The SMILES string of the molecule is CC(C)(C)OC(=O)N1C[C@@H]2C[C@H]1c1cc(F)cc(Br)c1O2. The zero-order valence-corrected chi connectivity index (χ0v) is 13.7. The number of hydrogen-bond donors (Lipinski definition) is 0. The topological polar surface area (TPSA) is 38.8 Å². The largest absolute Gasteiger partial charge is 0.487 e. The molecule has 1 saturated heterocycles. The minimum atomic E-state index is -0.556. The number of benzene rings is 1. The molecule has 0 saturated carbocycles. The number of halogens is 2. The van der Waals surface area contributed by atoms with Crippen LogP contribution >= 0.6 is 15.9 Å². The third-order valence-electron chi connectivity index (χ3n) is 3.57. The van der Waals surface area contributed by atoms with Crippen molar-refractivity contribution in [3.8, 4) is 5.75 Å². The lowest BCUT2D eigenvalue weighted by molar-refractivity contribution is 0.0222. The average molecular weight is 358 g/mol. The highest BCUT2D eigenvalue weighted by Crippen LogP contribution is 2.47. The Morgan fingerprint density at radius 3 is 2.86 bits per heavy atom. The van der Waals surface area contributed by atoms with Gasteiger partial charge >= 0.3 is 6.09 Å². The normalized spacial score (nSPS) is 23.6. The van der Waals surface area contributed by atoms with Crippen molar-refractivity contribution in [1.82, 2.24) is 4.90 Å². The molecule has 2 aliphatic heterocycles. The van der Waals surface area contributed by atoms with E-state index in [0.29, 0.717) is 28.8 Å². The van der Waals surface area contributed by atoms with Crippen molar-refractivity contribution < 1.29 is 18.7 Å². The molecule has 0 aromatic heterocycles. The quantitative estimate of drug-likeness (QED) is 0.703. The number of carbonyl (C=O) groups excluding carboxylic acids is 1. The molecule has 1 fully saturated rings. The lowest BCUT2D eigenvalue weighted by Gasteiger charge is -2.29. The molecule has 3 rings (SSSR count). The molecule has 6 heteroatoms. The van der Waals surface area contributed by atoms with Crippen molar-refractivity contribution in [2.24, 2.45) is 0 Å². The Bertz CT molecular complexity index is 599.